The Morgan fingerprint density at radius 1 is 0.850 bits per heavy atom. The topological polar surface area (TPSA) is 3.24 Å². The van der Waals surface area contributed by atoms with Crippen LogP contribution in [0.25, 0.3) is 0 Å². The molecule has 1 aromatic rings. The summed E-state index contributed by atoms with van der Waals surface area (Å²) in [5.41, 5.74) is 4.57. The van der Waals surface area contributed by atoms with Crippen molar-refractivity contribution < 1.29 is 20.4 Å². The first-order chi connectivity index (χ1) is 7.96. The van der Waals surface area contributed by atoms with Gasteiger partial charge in [-0.15, -0.1) is 21.6 Å². The molecule has 0 spiro atoms. The molecule has 0 amide bonds. The SMILES string of the molecule is CN(C)c1ccc(P)c(C(C)(C)C)c1C(C)(C)C.Cl.[Pd]. The Morgan fingerprint density at radius 3 is 1.55 bits per heavy atom. The minimum absolute atomic E-state index is 0. The van der Waals surface area contributed by atoms with E-state index in [0.717, 1.165) is 0 Å². The molecular weight excluding hydrogens is 379 g/mol. The van der Waals surface area contributed by atoms with Crippen LogP contribution in [0.3, 0.4) is 0 Å². The van der Waals surface area contributed by atoms with Crippen molar-refractivity contribution in [3.63, 3.8) is 0 Å². The molecule has 0 aromatic heterocycles. The van der Waals surface area contributed by atoms with Crippen LogP contribution in [0.5, 0.6) is 0 Å². The van der Waals surface area contributed by atoms with E-state index >= 15 is 0 Å². The smallest absolute Gasteiger partial charge is 0.0402 e. The van der Waals surface area contributed by atoms with Crippen molar-refractivity contribution in [3.05, 3.63) is 23.3 Å². The fourth-order valence-electron chi connectivity index (χ4n) is 2.55. The van der Waals surface area contributed by atoms with Gasteiger partial charge in [-0.3, -0.25) is 0 Å². The summed E-state index contributed by atoms with van der Waals surface area (Å²) < 4.78 is 0. The fraction of sp³-hybridized carbons (Fsp3) is 0.625. The van der Waals surface area contributed by atoms with Crippen LogP contribution in [0, 0.1) is 0 Å². The Bertz CT molecular complexity index is 445. The van der Waals surface area contributed by atoms with Gasteiger partial charge >= 0.3 is 0 Å². The van der Waals surface area contributed by atoms with E-state index < -0.39 is 0 Å². The molecule has 0 fully saturated rings. The van der Waals surface area contributed by atoms with Gasteiger partial charge in [-0.25, -0.2) is 0 Å². The van der Waals surface area contributed by atoms with Crippen molar-refractivity contribution >= 4 is 32.6 Å². The van der Waals surface area contributed by atoms with E-state index in [1.54, 1.807) is 0 Å². The van der Waals surface area contributed by atoms with Crippen LogP contribution in [0.2, 0.25) is 0 Å². The molecule has 0 aliphatic rings. The molecule has 1 atom stereocenters. The van der Waals surface area contributed by atoms with Gasteiger partial charge in [-0.05, 0) is 33.3 Å². The maximum absolute atomic E-state index is 2.90. The summed E-state index contributed by atoms with van der Waals surface area (Å²) in [5, 5.41) is 1.32. The number of hydrogen-bond acceptors (Lipinski definition) is 1. The van der Waals surface area contributed by atoms with E-state index in [2.05, 4.69) is 81.9 Å². The molecule has 20 heavy (non-hydrogen) atoms. The first kappa shape index (κ1) is 22.7. The van der Waals surface area contributed by atoms with E-state index in [1.807, 2.05) is 0 Å². The van der Waals surface area contributed by atoms with Crippen molar-refractivity contribution in [1.82, 2.24) is 0 Å². The van der Waals surface area contributed by atoms with E-state index in [0.29, 0.717) is 0 Å². The Kier molecular flexibility index (Phi) is 8.62. The molecule has 4 heteroatoms. The van der Waals surface area contributed by atoms with Crippen LogP contribution in [0.4, 0.5) is 5.69 Å². The van der Waals surface area contributed by atoms with Crippen molar-refractivity contribution in [3.8, 4) is 0 Å². The zero-order valence-corrected chi connectivity index (χ0v) is 17.4. The molecule has 0 aliphatic heterocycles. The number of benzene rings is 1. The maximum Gasteiger partial charge on any atom is 0.0402 e. The predicted molar refractivity (Wildman–Crippen MR) is 94.8 cm³/mol. The van der Waals surface area contributed by atoms with E-state index in [1.165, 1.54) is 22.1 Å². The van der Waals surface area contributed by atoms with Crippen LogP contribution >= 0.6 is 21.6 Å². The summed E-state index contributed by atoms with van der Waals surface area (Å²) in [7, 11) is 7.15. The molecule has 0 saturated carbocycles. The summed E-state index contributed by atoms with van der Waals surface area (Å²) in [6.07, 6.45) is 0. The monoisotopic (exact) mass is 407 g/mol. The van der Waals surface area contributed by atoms with Crippen molar-refractivity contribution in [2.24, 2.45) is 0 Å². The summed E-state index contributed by atoms with van der Waals surface area (Å²) in [6.45, 7) is 13.8. The third-order valence-corrected chi connectivity index (χ3v) is 3.68. The van der Waals surface area contributed by atoms with Crippen LogP contribution in [-0.4, -0.2) is 14.1 Å². The molecular formula is C16H29ClNPPd. The van der Waals surface area contributed by atoms with Crippen LogP contribution in [0.15, 0.2) is 12.1 Å². The van der Waals surface area contributed by atoms with Gasteiger partial charge in [0.05, 0.1) is 0 Å². The Labute approximate surface area is 147 Å². The van der Waals surface area contributed by atoms with Gasteiger partial charge in [0.25, 0.3) is 0 Å². The zero-order valence-electron chi connectivity index (χ0n) is 13.9. The third-order valence-electron chi connectivity index (χ3n) is 3.20. The van der Waals surface area contributed by atoms with Gasteiger partial charge in [-0.1, -0.05) is 47.6 Å². The standard InChI is InChI=1S/C16H28NP.ClH.Pd/c1-15(2,3)13-11(17(7)8)9-10-12(18)14(13)16(4,5)6;;/h9-10H,18H2,1-8H3;1H;. The van der Waals surface area contributed by atoms with Gasteiger partial charge in [0.2, 0.25) is 0 Å². The van der Waals surface area contributed by atoms with Gasteiger partial charge in [0.15, 0.2) is 0 Å². The predicted octanol–water partition coefficient (Wildman–Crippen LogP) is 4.27. The average Bonchev–Trinajstić information content (AvgIpc) is 2.13. The number of rotatable bonds is 1. The first-order valence-electron chi connectivity index (χ1n) is 6.57. The number of nitrogens with zero attached hydrogens (tertiary/aromatic N) is 1. The average molecular weight is 408 g/mol. The molecule has 0 radical (unpaired) electrons. The first-order valence-corrected chi connectivity index (χ1v) is 7.14. The molecule has 1 rings (SSSR count). The van der Waals surface area contributed by atoms with E-state index in [4.69, 9.17) is 0 Å². The Morgan fingerprint density at radius 2 is 1.25 bits per heavy atom. The summed E-state index contributed by atoms with van der Waals surface area (Å²) in [6, 6.07) is 4.45. The number of halogens is 1. The summed E-state index contributed by atoms with van der Waals surface area (Å²) >= 11 is 0. The molecule has 0 aliphatic carbocycles. The van der Waals surface area contributed by atoms with Gasteiger partial charge < -0.3 is 4.90 Å². The second kappa shape index (κ2) is 7.60. The van der Waals surface area contributed by atoms with Crippen LogP contribution < -0.4 is 10.2 Å². The van der Waals surface area contributed by atoms with Gasteiger partial charge in [0.1, 0.15) is 0 Å². The zero-order chi connectivity index (χ0) is 14.3. The largest absolute Gasteiger partial charge is 0.377 e. The Balaban J connectivity index is 0. The second-order valence-electron chi connectivity index (χ2n) is 7.32. The molecule has 0 saturated heterocycles. The van der Waals surface area contributed by atoms with Crippen molar-refractivity contribution in [2.45, 2.75) is 52.4 Å². The maximum atomic E-state index is 2.90. The van der Waals surface area contributed by atoms with Crippen LogP contribution in [0.1, 0.15) is 52.7 Å². The molecule has 0 bridgehead atoms. The summed E-state index contributed by atoms with van der Waals surface area (Å²) in [4.78, 5) is 2.22. The third kappa shape index (κ3) is 4.99. The second-order valence-corrected chi connectivity index (χ2v) is 7.94. The van der Waals surface area contributed by atoms with Crippen LogP contribution in [-0.2, 0) is 31.3 Å². The van der Waals surface area contributed by atoms with E-state index in [-0.39, 0.29) is 43.7 Å². The quantitative estimate of drug-likeness (QED) is 0.496. The number of hydrogen-bond donors (Lipinski definition) is 0. The minimum atomic E-state index is 0. The van der Waals surface area contributed by atoms with Crippen molar-refractivity contribution in [1.29, 1.82) is 0 Å². The normalized spacial score (nSPS) is 11.4. The minimum Gasteiger partial charge on any atom is -0.377 e. The number of anilines is 1. The van der Waals surface area contributed by atoms with Gasteiger partial charge in [0, 0.05) is 40.2 Å². The molecule has 1 unspecified atom stereocenters. The fourth-order valence-corrected chi connectivity index (χ4v) is 3.22. The molecule has 0 heterocycles. The van der Waals surface area contributed by atoms with E-state index in [9.17, 15) is 0 Å². The Hall–Kier alpha value is 0.402. The van der Waals surface area contributed by atoms with Crippen molar-refractivity contribution in [2.75, 3.05) is 19.0 Å². The molecule has 0 N–H and O–H groups in total. The molecule has 1 nitrogen and oxygen atoms in total. The molecule has 120 valence electrons. The summed E-state index contributed by atoms with van der Waals surface area (Å²) in [5.74, 6) is 0. The molecule has 1 aromatic carbocycles. The van der Waals surface area contributed by atoms with Gasteiger partial charge in [-0.2, -0.15) is 0 Å².